The number of ether oxygens (including phenoxy) is 1. The van der Waals surface area contributed by atoms with Gasteiger partial charge in [-0.25, -0.2) is 4.39 Å². The Kier molecular flexibility index (Phi) is 6.69. The molecule has 126 valence electrons. The molecule has 0 spiro atoms. The fraction of sp³-hybridized carbons (Fsp3) is 0.222. The molecule has 0 aromatic heterocycles. The lowest BCUT2D eigenvalue weighted by atomic mass is 10.2. The van der Waals surface area contributed by atoms with E-state index in [9.17, 15) is 9.18 Å². The second-order valence-corrected chi connectivity index (χ2v) is 5.55. The van der Waals surface area contributed by atoms with E-state index in [1.165, 1.54) is 24.3 Å². The zero-order valence-corrected chi connectivity index (χ0v) is 14.2. The monoisotopic (exact) mass is 346 g/mol. The lowest BCUT2D eigenvalue weighted by molar-refractivity contribution is 0.0977. The number of halogens is 1. The standard InChI is InChI=1S/C18H19FN2O2S/c1-2-3-11-23-16-6-4-5-13(12-16)17(22)21-18(24)20-15-9-7-14(19)8-10-15/h4-10,12H,2-3,11H2,1H3,(H2,20,21,22,24). The van der Waals surface area contributed by atoms with Crippen LogP contribution in [0.1, 0.15) is 30.1 Å². The van der Waals surface area contributed by atoms with Gasteiger partial charge in [0.05, 0.1) is 6.61 Å². The van der Waals surface area contributed by atoms with Gasteiger partial charge in [-0.3, -0.25) is 10.1 Å². The maximum Gasteiger partial charge on any atom is 0.257 e. The average molecular weight is 346 g/mol. The Morgan fingerprint density at radius 1 is 1.21 bits per heavy atom. The molecule has 0 saturated heterocycles. The molecule has 2 aromatic carbocycles. The van der Waals surface area contributed by atoms with Crippen LogP contribution in [0.15, 0.2) is 48.5 Å². The third-order valence-electron chi connectivity index (χ3n) is 3.19. The highest BCUT2D eigenvalue weighted by Crippen LogP contribution is 2.14. The van der Waals surface area contributed by atoms with Crippen LogP contribution in [0.2, 0.25) is 0 Å². The summed E-state index contributed by atoms with van der Waals surface area (Å²) in [6.07, 6.45) is 2.01. The van der Waals surface area contributed by atoms with Crippen LogP contribution < -0.4 is 15.4 Å². The molecule has 0 radical (unpaired) electrons. The molecule has 2 aromatic rings. The molecule has 1 amide bonds. The van der Waals surface area contributed by atoms with E-state index in [-0.39, 0.29) is 16.8 Å². The Hall–Kier alpha value is -2.47. The smallest absolute Gasteiger partial charge is 0.257 e. The molecule has 0 saturated carbocycles. The summed E-state index contributed by atoms with van der Waals surface area (Å²) in [6, 6.07) is 12.6. The van der Waals surface area contributed by atoms with E-state index in [4.69, 9.17) is 17.0 Å². The molecule has 0 aliphatic heterocycles. The van der Waals surface area contributed by atoms with Crippen LogP contribution in [0.3, 0.4) is 0 Å². The van der Waals surface area contributed by atoms with Crippen molar-refractivity contribution < 1.29 is 13.9 Å². The first kappa shape index (κ1) is 17.9. The molecular formula is C18H19FN2O2S. The summed E-state index contributed by atoms with van der Waals surface area (Å²) in [5, 5.41) is 5.56. The minimum atomic E-state index is -0.338. The number of carbonyl (C=O) groups excluding carboxylic acids is 1. The average Bonchev–Trinajstić information content (AvgIpc) is 2.57. The molecule has 0 atom stereocenters. The van der Waals surface area contributed by atoms with Gasteiger partial charge in [-0.1, -0.05) is 19.4 Å². The van der Waals surface area contributed by atoms with E-state index in [0.29, 0.717) is 23.6 Å². The molecule has 2 N–H and O–H groups in total. The number of rotatable bonds is 6. The number of thiocarbonyl (C=S) groups is 1. The molecule has 24 heavy (non-hydrogen) atoms. The Labute approximate surface area is 146 Å². The number of carbonyl (C=O) groups is 1. The Morgan fingerprint density at radius 2 is 1.96 bits per heavy atom. The summed E-state index contributed by atoms with van der Waals surface area (Å²) in [7, 11) is 0. The van der Waals surface area contributed by atoms with Crippen LogP contribution in [-0.2, 0) is 0 Å². The van der Waals surface area contributed by atoms with Crippen molar-refractivity contribution in [3.63, 3.8) is 0 Å². The van der Waals surface area contributed by atoms with Gasteiger partial charge in [0, 0.05) is 11.3 Å². The first-order valence-corrected chi connectivity index (χ1v) is 8.10. The number of anilines is 1. The number of hydrogen-bond donors (Lipinski definition) is 2. The van der Waals surface area contributed by atoms with Crippen LogP contribution >= 0.6 is 12.2 Å². The number of amides is 1. The molecular weight excluding hydrogens is 327 g/mol. The first-order valence-electron chi connectivity index (χ1n) is 7.69. The predicted molar refractivity (Wildman–Crippen MR) is 96.9 cm³/mol. The van der Waals surface area contributed by atoms with Crippen LogP contribution in [-0.4, -0.2) is 17.6 Å². The number of unbranched alkanes of at least 4 members (excludes halogenated alkanes) is 1. The van der Waals surface area contributed by atoms with Crippen LogP contribution in [0.4, 0.5) is 10.1 Å². The largest absolute Gasteiger partial charge is 0.494 e. The number of hydrogen-bond acceptors (Lipinski definition) is 3. The quantitative estimate of drug-likeness (QED) is 0.610. The van der Waals surface area contributed by atoms with Gasteiger partial charge in [-0.2, -0.15) is 0 Å². The summed E-state index contributed by atoms with van der Waals surface area (Å²) in [4.78, 5) is 12.2. The van der Waals surface area contributed by atoms with Gasteiger partial charge >= 0.3 is 0 Å². The van der Waals surface area contributed by atoms with Crippen molar-refractivity contribution >= 4 is 28.9 Å². The van der Waals surface area contributed by atoms with Gasteiger partial charge in [0.15, 0.2) is 5.11 Å². The lowest BCUT2D eigenvalue weighted by Crippen LogP contribution is -2.34. The van der Waals surface area contributed by atoms with Gasteiger partial charge in [0.2, 0.25) is 0 Å². The third-order valence-corrected chi connectivity index (χ3v) is 3.40. The van der Waals surface area contributed by atoms with Crippen LogP contribution in [0.25, 0.3) is 0 Å². The van der Waals surface area contributed by atoms with Crippen molar-refractivity contribution in [3.05, 3.63) is 59.9 Å². The van der Waals surface area contributed by atoms with Crippen molar-refractivity contribution in [2.45, 2.75) is 19.8 Å². The fourth-order valence-electron chi connectivity index (χ4n) is 1.93. The minimum absolute atomic E-state index is 0.143. The van der Waals surface area contributed by atoms with Crippen molar-refractivity contribution in [2.24, 2.45) is 0 Å². The van der Waals surface area contributed by atoms with Crippen molar-refractivity contribution in [1.29, 1.82) is 0 Å². The van der Waals surface area contributed by atoms with Crippen LogP contribution in [0, 0.1) is 5.82 Å². The van der Waals surface area contributed by atoms with Crippen molar-refractivity contribution in [3.8, 4) is 5.75 Å². The highest BCUT2D eigenvalue weighted by Gasteiger charge is 2.09. The fourth-order valence-corrected chi connectivity index (χ4v) is 2.14. The second kappa shape index (κ2) is 8.98. The number of benzene rings is 2. The molecule has 0 aliphatic rings. The highest BCUT2D eigenvalue weighted by molar-refractivity contribution is 7.80. The molecule has 0 unspecified atom stereocenters. The predicted octanol–water partition coefficient (Wildman–Crippen LogP) is 4.13. The zero-order valence-electron chi connectivity index (χ0n) is 13.3. The summed E-state index contributed by atoms with van der Waals surface area (Å²) in [5.41, 5.74) is 1.05. The summed E-state index contributed by atoms with van der Waals surface area (Å²) in [5.74, 6) is -0.0283. The zero-order chi connectivity index (χ0) is 17.4. The van der Waals surface area contributed by atoms with Gasteiger partial charge in [-0.15, -0.1) is 0 Å². The molecule has 4 nitrogen and oxygen atoms in total. The van der Waals surface area contributed by atoms with Crippen molar-refractivity contribution in [2.75, 3.05) is 11.9 Å². The molecule has 0 aliphatic carbocycles. The normalized spacial score (nSPS) is 10.1. The highest BCUT2D eigenvalue weighted by atomic mass is 32.1. The summed E-state index contributed by atoms with van der Waals surface area (Å²) < 4.78 is 18.4. The second-order valence-electron chi connectivity index (χ2n) is 5.14. The maximum atomic E-state index is 12.9. The molecule has 0 heterocycles. The van der Waals surface area contributed by atoms with E-state index >= 15 is 0 Å². The Balaban J connectivity index is 1.92. The third kappa shape index (κ3) is 5.62. The van der Waals surface area contributed by atoms with Gasteiger partial charge in [-0.05, 0) is 61.1 Å². The van der Waals surface area contributed by atoms with E-state index in [2.05, 4.69) is 17.6 Å². The van der Waals surface area contributed by atoms with Crippen molar-refractivity contribution in [1.82, 2.24) is 5.32 Å². The maximum absolute atomic E-state index is 12.9. The topological polar surface area (TPSA) is 50.4 Å². The van der Waals surface area contributed by atoms with E-state index in [0.717, 1.165) is 12.8 Å². The summed E-state index contributed by atoms with van der Waals surface area (Å²) >= 11 is 5.10. The molecule has 6 heteroatoms. The van der Waals surface area contributed by atoms with Crippen LogP contribution in [0.5, 0.6) is 5.75 Å². The van der Waals surface area contributed by atoms with Gasteiger partial charge in [0.1, 0.15) is 11.6 Å². The molecule has 0 bridgehead atoms. The SMILES string of the molecule is CCCCOc1cccc(C(=O)NC(=S)Nc2ccc(F)cc2)c1. The number of nitrogens with one attached hydrogen (secondary N) is 2. The molecule has 0 fully saturated rings. The lowest BCUT2D eigenvalue weighted by Gasteiger charge is -2.10. The Bertz CT molecular complexity index is 704. The van der Waals surface area contributed by atoms with Gasteiger partial charge in [0.25, 0.3) is 5.91 Å². The van der Waals surface area contributed by atoms with E-state index in [1.807, 2.05) is 6.07 Å². The summed E-state index contributed by atoms with van der Waals surface area (Å²) in [6.45, 7) is 2.70. The first-order chi connectivity index (χ1) is 11.6. The molecule has 2 rings (SSSR count). The minimum Gasteiger partial charge on any atom is -0.494 e. The van der Waals surface area contributed by atoms with E-state index < -0.39 is 0 Å². The van der Waals surface area contributed by atoms with Gasteiger partial charge < -0.3 is 10.1 Å². The van der Waals surface area contributed by atoms with E-state index in [1.54, 1.807) is 18.2 Å². The Morgan fingerprint density at radius 3 is 2.67 bits per heavy atom.